The highest BCUT2D eigenvalue weighted by Gasteiger charge is 2.22. The van der Waals surface area contributed by atoms with Crippen LogP contribution >= 0.6 is 0 Å². The van der Waals surface area contributed by atoms with Gasteiger partial charge in [-0.25, -0.2) is 4.39 Å². The van der Waals surface area contributed by atoms with Crippen molar-refractivity contribution in [2.24, 2.45) is 0 Å². The quantitative estimate of drug-likeness (QED) is 0.760. The van der Waals surface area contributed by atoms with Crippen LogP contribution in [0.1, 0.15) is 25.8 Å². The lowest BCUT2D eigenvalue weighted by atomic mass is 9.97. The molecule has 0 heterocycles. The second kappa shape index (κ2) is 5.24. The molecule has 0 fully saturated rings. The first-order valence-corrected chi connectivity index (χ1v) is 5.12. The Kier molecular flexibility index (Phi) is 4.24. The smallest absolute Gasteiger partial charge is 0.123 e. The van der Waals surface area contributed by atoms with Crippen LogP contribution in [0.25, 0.3) is 0 Å². The van der Waals surface area contributed by atoms with Gasteiger partial charge in [0.25, 0.3) is 0 Å². The van der Waals surface area contributed by atoms with E-state index >= 15 is 0 Å². The number of aliphatic hydroxyl groups is 1. The molecule has 0 bridgehead atoms. The van der Waals surface area contributed by atoms with E-state index < -0.39 is 5.60 Å². The first kappa shape index (κ1) is 12.1. The van der Waals surface area contributed by atoms with Gasteiger partial charge in [-0.3, -0.25) is 0 Å². The molecule has 0 aliphatic heterocycles. The number of rotatable bonds is 5. The molecule has 1 aromatic rings. The van der Waals surface area contributed by atoms with Crippen molar-refractivity contribution in [2.75, 3.05) is 13.2 Å². The summed E-state index contributed by atoms with van der Waals surface area (Å²) in [6, 6.07) is 5.82. The van der Waals surface area contributed by atoms with E-state index in [4.69, 9.17) is 4.74 Å². The summed E-state index contributed by atoms with van der Waals surface area (Å²) < 4.78 is 18.0. The molecule has 0 spiro atoms. The van der Waals surface area contributed by atoms with Crippen LogP contribution in [0.5, 0.6) is 0 Å². The molecule has 1 aromatic carbocycles. The number of halogens is 1. The van der Waals surface area contributed by atoms with Crippen molar-refractivity contribution < 1.29 is 14.2 Å². The molecule has 1 unspecified atom stereocenters. The molecule has 3 heteroatoms. The average Bonchev–Trinajstić information content (AvgIpc) is 2.18. The Morgan fingerprint density at radius 3 is 2.47 bits per heavy atom. The first-order chi connectivity index (χ1) is 7.06. The van der Waals surface area contributed by atoms with Crippen molar-refractivity contribution in [2.45, 2.75) is 25.9 Å². The van der Waals surface area contributed by atoms with Crippen molar-refractivity contribution in [3.05, 3.63) is 35.6 Å². The molecule has 0 saturated carbocycles. The van der Waals surface area contributed by atoms with Crippen LogP contribution in [0.15, 0.2) is 24.3 Å². The highest BCUT2D eigenvalue weighted by molar-refractivity contribution is 5.22. The van der Waals surface area contributed by atoms with Crippen molar-refractivity contribution in [3.8, 4) is 0 Å². The Morgan fingerprint density at radius 2 is 1.93 bits per heavy atom. The first-order valence-electron chi connectivity index (χ1n) is 5.12. The lowest BCUT2D eigenvalue weighted by Gasteiger charge is -2.23. The summed E-state index contributed by atoms with van der Waals surface area (Å²) in [5.41, 5.74) is -0.386. The van der Waals surface area contributed by atoms with Crippen LogP contribution in [-0.2, 0) is 10.3 Å². The zero-order valence-corrected chi connectivity index (χ0v) is 9.16. The maximum absolute atomic E-state index is 12.7. The third-order valence-electron chi connectivity index (χ3n) is 2.20. The Hall–Kier alpha value is -0.930. The number of benzene rings is 1. The highest BCUT2D eigenvalue weighted by Crippen LogP contribution is 2.21. The fraction of sp³-hybridized carbons (Fsp3) is 0.500. The normalized spacial score (nSPS) is 14.9. The zero-order valence-electron chi connectivity index (χ0n) is 9.16. The molecule has 2 nitrogen and oxygen atoms in total. The number of ether oxygens (including phenoxy) is 1. The van der Waals surface area contributed by atoms with Crippen LogP contribution in [0, 0.1) is 5.82 Å². The van der Waals surface area contributed by atoms with Gasteiger partial charge in [-0.2, -0.15) is 0 Å². The van der Waals surface area contributed by atoms with Crippen LogP contribution in [0.3, 0.4) is 0 Å². The molecule has 0 aliphatic carbocycles. The molecule has 84 valence electrons. The minimum Gasteiger partial charge on any atom is -0.383 e. The molecule has 0 amide bonds. The summed E-state index contributed by atoms with van der Waals surface area (Å²) in [6.07, 6.45) is 0.916. The fourth-order valence-electron chi connectivity index (χ4n) is 1.31. The molecule has 0 saturated heterocycles. The van der Waals surface area contributed by atoms with Crippen LogP contribution in [0.4, 0.5) is 4.39 Å². The Labute approximate surface area is 89.7 Å². The van der Waals surface area contributed by atoms with E-state index in [0.29, 0.717) is 12.2 Å². The third kappa shape index (κ3) is 3.61. The van der Waals surface area contributed by atoms with Gasteiger partial charge in [0.1, 0.15) is 11.4 Å². The maximum Gasteiger partial charge on any atom is 0.123 e. The van der Waals surface area contributed by atoms with Gasteiger partial charge in [0.2, 0.25) is 0 Å². The summed E-state index contributed by atoms with van der Waals surface area (Å²) in [7, 11) is 0. The molecule has 0 radical (unpaired) electrons. The Morgan fingerprint density at radius 1 is 1.33 bits per heavy atom. The summed E-state index contributed by atoms with van der Waals surface area (Å²) in [6.45, 7) is 4.52. The SMILES string of the molecule is CCCOCC(C)(O)c1ccc(F)cc1. The Balaban J connectivity index is 2.63. The van der Waals surface area contributed by atoms with Crippen LogP contribution in [0.2, 0.25) is 0 Å². The van der Waals surface area contributed by atoms with Crippen molar-refractivity contribution in [1.29, 1.82) is 0 Å². The van der Waals surface area contributed by atoms with Gasteiger partial charge < -0.3 is 9.84 Å². The van der Waals surface area contributed by atoms with E-state index in [0.717, 1.165) is 6.42 Å². The van der Waals surface area contributed by atoms with E-state index in [1.165, 1.54) is 12.1 Å². The van der Waals surface area contributed by atoms with E-state index in [-0.39, 0.29) is 12.4 Å². The van der Waals surface area contributed by atoms with Gasteiger partial charge >= 0.3 is 0 Å². The monoisotopic (exact) mass is 212 g/mol. The summed E-state index contributed by atoms with van der Waals surface area (Å²) >= 11 is 0. The second-order valence-electron chi connectivity index (χ2n) is 3.83. The summed E-state index contributed by atoms with van der Waals surface area (Å²) in [5, 5.41) is 10.1. The molecular formula is C12H17FO2. The minimum absolute atomic E-state index is 0.229. The van der Waals surface area contributed by atoms with Crippen molar-refractivity contribution in [1.82, 2.24) is 0 Å². The maximum atomic E-state index is 12.7. The van der Waals surface area contributed by atoms with Gasteiger partial charge in [0.05, 0.1) is 6.61 Å². The lowest BCUT2D eigenvalue weighted by molar-refractivity contribution is -0.0375. The largest absolute Gasteiger partial charge is 0.383 e. The van der Waals surface area contributed by atoms with E-state index in [1.54, 1.807) is 19.1 Å². The predicted molar refractivity (Wildman–Crippen MR) is 57.1 cm³/mol. The highest BCUT2D eigenvalue weighted by atomic mass is 19.1. The van der Waals surface area contributed by atoms with Gasteiger partial charge in [0, 0.05) is 6.61 Å². The number of hydrogen-bond acceptors (Lipinski definition) is 2. The second-order valence-corrected chi connectivity index (χ2v) is 3.83. The van der Waals surface area contributed by atoms with Crippen molar-refractivity contribution >= 4 is 0 Å². The van der Waals surface area contributed by atoms with Gasteiger partial charge in [-0.05, 0) is 31.0 Å². The van der Waals surface area contributed by atoms with Gasteiger partial charge in [-0.1, -0.05) is 19.1 Å². The van der Waals surface area contributed by atoms with Crippen LogP contribution < -0.4 is 0 Å². The molecule has 0 aromatic heterocycles. The predicted octanol–water partition coefficient (Wildman–Crippen LogP) is 2.46. The van der Waals surface area contributed by atoms with E-state index in [1.807, 2.05) is 6.92 Å². The molecule has 15 heavy (non-hydrogen) atoms. The summed E-state index contributed by atoms with van der Waals surface area (Å²) in [4.78, 5) is 0. The third-order valence-corrected chi connectivity index (χ3v) is 2.20. The van der Waals surface area contributed by atoms with E-state index in [2.05, 4.69) is 0 Å². The lowest BCUT2D eigenvalue weighted by Crippen LogP contribution is -2.28. The average molecular weight is 212 g/mol. The molecule has 1 atom stereocenters. The fourth-order valence-corrected chi connectivity index (χ4v) is 1.31. The summed E-state index contributed by atoms with van der Waals surface area (Å²) in [5.74, 6) is -0.302. The van der Waals surface area contributed by atoms with Gasteiger partial charge in [0.15, 0.2) is 0 Å². The Bertz CT molecular complexity index is 293. The topological polar surface area (TPSA) is 29.5 Å². The standard InChI is InChI=1S/C12H17FO2/c1-3-8-15-9-12(2,14)10-4-6-11(13)7-5-10/h4-7,14H,3,8-9H2,1-2H3. The van der Waals surface area contributed by atoms with Crippen LogP contribution in [-0.4, -0.2) is 18.3 Å². The van der Waals surface area contributed by atoms with E-state index in [9.17, 15) is 9.50 Å². The number of hydrogen-bond donors (Lipinski definition) is 1. The molecule has 0 aliphatic rings. The van der Waals surface area contributed by atoms with Crippen molar-refractivity contribution in [3.63, 3.8) is 0 Å². The molecule has 1 N–H and O–H groups in total. The zero-order chi connectivity index (χ0) is 11.3. The van der Waals surface area contributed by atoms with Gasteiger partial charge in [-0.15, -0.1) is 0 Å². The minimum atomic E-state index is -1.05. The molecular weight excluding hydrogens is 195 g/mol. The molecule has 1 rings (SSSR count).